The average molecular weight is 376 g/mol. The molecular weight excluding hydrogens is 354 g/mol. The van der Waals surface area contributed by atoms with E-state index < -0.39 is 50.8 Å². The van der Waals surface area contributed by atoms with Crippen molar-refractivity contribution in [1.29, 1.82) is 0 Å². The summed E-state index contributed by atoms with van der Waals surface area (Å²) >= 11 is 0. The predicted molar refractivity (Wildman–Crippen MR) is 79.3 cm³/mol. The molecule has 0 amide bonds. The van der Waals surface area contributed by atoms with Gasteiger partial charge >= 0.3 is 27.1 Å². The van der Waals surface area contributed by atoms with Gasteiger partial charge in [0.15, 0.2) is 10.8 Å². The fourth-order valence-electron chi connectivity index (χ4n) is 2.20. The summed E-state index contributed by atoms with van der Waals surface area (Å²) < 4.78 is 23.0. The van der Waals surface area contributed by atoms with Crippen LogP contribution in [-0.4, -0.2) is 52.5 Å². The number of unbranched alkanes of at least 4 members (excludes halogenated alkanes) is 3. The van der Waals surface area contributed by atoms with Crippen molar-refractivity contribution in [2.45, 2.75) is 56.3 Å². The molecule has 0 aromatic heterocycles. The van der Waals surface area contributed by atoms with Crippen molar-refractivity contribution in [3.63, 3.8) is 0 Å². The van der Waals surface area contributed by atoms with Crippen molar-refractivity contribution in [3.8, 4) is 0 Å². The second-order valence-electron chi connectivity index (χ2n) is 5.34. The molecule has 2 atom stereocenters. The summed E-state index contributed by atoms with van der Waals surface area (Å²) in [5.74, 6) is -3.98. The Morgan fingerprint density at radius 3 is 1.83 bits per heavy atom. The van der Waals surface area contributed by atoms with E-state index in [9.17, 15) is 33.6 Å². The predicted octanol–water partition coefficient (Wildman–Crippen LogP) is 0.979. The van der Waals surface area contributed by atoms with Gasteiger partial charge in [0, 0.05) is 0 Å². The lowest BCUT2D eigenvalue weighted by Crippen LogP contribution is -2.43. The Hall–Kier alpha value is -0.760. The Morgan fingerprint density at radius 2 is 1.52 bits per heavy atom. The lowest BCUT2D eigenvalue weighted by Gasteiger charge is -2.32. The van der Waals surface area contributed by atoms with Gasteiger partial charge in [-0.2, -0.15) is 0 Å². The van der Waals surface area contributed by atoms with Gasteiger partial charge in [-0.3, -0.25) is 18.7 Å². The van der Waals surface area contributed by atoms with Crippen LogP contribution in [0.1, 0.15) is 45.4 Å². The third kappa shape index (κ3) is 5.99. The summed E-state index contributed by atoms with van der Waals surface area (Å²) in [5.41, 5.74) is -2.50. The van der Waals surface area contributed by atoms with Gasteiger partial charge in [0.2, 0.25) is 0 Å². The quantitative estimate of drug-likeness (QED) is 0.224. The Bertz CT molecular complexity index is 521. The van der Waals surface area contributed by atoms with Crippen LogP contribution in [0, 0.1) is 0 Å². The van der Waals surface area contributed by atoms with Crippen LogP contribution in [0.25, 0.3) is 0 Å². The molecule has 0 rings (SSSR count). The van der Waals surface area contributed by atoms with Crippen molar-refractivity contribution < 1.29 is 48.5 Å². The first-order chi connectivity index (χ1) is 10.3. The molecule has 23 heavy (non-hydrogen) atoms. The van der Waals surface area contributed by atoms with Crippen LogP contribution in [0.15, 0.2) is 0 Å². The minimum atomic E-state index is -5.38. The molecule has 136 valence electrons. The molecule has 0 aliphatic rings. The first kappa shape index (κ1) is 22.2. The van der Waals surface area contributed by atoms with Gasteiger partial charge in [-0.15, -0.1) is 0 Å². The van der Waals surface area contributed by atoms with Crippen molar-refractivity contribution in [3.05, 3.63) is 0 Å². The minimum Gasteiger partial charge on any atom is -0.481 e. The SMILES string of the molecule is CCCCCCC(CC(C(=O)O)P(=O)(O)O)(C(=O)O)P(=O)(O)O. The van der Waals surface area contributed by atoms with Gasteiger partial charge in [0.1, 0.15) is 0 Å². The van der Waals surface area contributed by atoms with Gasteiger partial charge in [0.25, 0.3) is 0 Å². The van der Waals surface area contributed by atoms with E-state index in [1.54, 1.807) is 0 Å². The first-order valence-corrected chi connectivity index (χ1v) is 10.2. The molecule has 0 spiro atoms. The Labute approximate surface area is 132 Å². The summed E-state index contributed by atoms with van der Waals surface area (Å²) in [6.07, 6.45) is 0.0700. The van der Waals surface area contributed by atoms with Crippen LogP contribution in [0.2, 0.25) is 0 Å². The van der Waals surface area contributed by atoms with Crippen LogP contribution in [0.5, 0.6) is 0 Å². The standard InChI is InChI=1S/C11H22O10P2/c1-2-3-4-5-6-11(10(14)15,23(19,20)21)7-8(9(12)13)22(16,17)18/h8H,2-7H2,1H3,(H,12,13)(H,14,15)(H2,16,17,18)(H2,19,20,21). The van der Waals surface area contributed by atoms with Crippen molar-refractivity contribution in [1.82, 2.24) is 0 Å². The third-order valence-electron chi connectivity index (χ3n) is 3.62. The minimum absolute atomic E-state index is 0.0821. The molecule has 0 radical (unpaired) electrons. The van der Waals surface area contributed by atoms with Crippen LogP contribution in [0.3, 0.4) is 0 Å². The highest BCUT2D eigenvalue weighted by Crippen LogP contribution is 2.59. The highest BCUT2D eigenvalue weighted by molar-refractivity contribution is 7.55. The van der Waals surface area contributed by atoms with E-state index in [1.807, 2.05) is 6.92 Å². The van der Waals surface area contributed by atoms with E-state index in [2.05, 4.69) is 0 Å². The Morgan fingerprint density at radius 1 is 1.00 bits per heavy atom. The summed E-state index contributed by atoms with van der Waals surface area (Å²) in [6.45, 7) is 1.86. The van der Waals surface area contributed by atoms with E-state index in [0.29, 0.717) is 12.8 Å². The molecule has 0 aliphatic heterocycles. The highest BCUT2D eigenvalue weighted by Gasteiger charge is 2.57. The molecule has 0 aromatic rings. The molecule has 12 heteroatoms. The second kappa shape index (κ2) is 8.37. The number of hydrogen-bond acceptors (Lipinski definition) is 4. The lowest BCUT2D eigenvalue weighted by molar-refractivity contribution is -0.142. The molecule has 0 saturated carbocycles. The topological polar surface area (TPSA) is 190 Å². The fraction of sp³-hybridized carbons (Fsp3) is 0.818. The van der Waals surface area contributed by atoms with Crippen LogP contribution >= 0.6 is 15.2 Å². The number of carboxylic acids is 2. The zero-order valence-corrected chi connectivity index (χ0v) is 14.3. The Kier molecular flexibility index (Phi) is 8.09. The van der Waals surface area contributed by atoms with Crippen molar-refractivity contribution in [2.75, 3.05) is 0 Å². The molecule has 0 bridgehead atoms. The van der Waals surface area contributed by atoms with Gasteiger partial charge in [-0.25, -0.2) is 0 Å². The van der Waals surface area contributed by atoms with Crippen molar-refractivity contribution in [2.24, 2.45) is 0 Å². The number of hydrogen-bond donors (Lipinski definition) is 6. The molecule has 0 saturated heterocycles. The summed E-state index contributed by atoms with van der Waals surface area (Å²) in [4.78, 5) is 59.5. The van der Waals surface area contributed by atoms with Gasteiger partial charge in [-0.05, 0) is 12.8 Å². The first-order valence-electron chi connectivity index (χ1n) is 6.86. The molecule has 0 fully saturated rings. The van der Waals surface area contributed by atoms with E-state index in [1.165, 1.54) is 0 Å². The lowest BCUT2D eigenvalue weighted by atomic mass is 9.94. The number of aliphatic carboxylic acids is 2. The van der Waals surface area contributed by atoms with Crippen molar-refractivity contribution >= 4 is 27.1 Å². The zero-order valence-electron chi connectivity index (χ0n) is 12.5. The molecule has 6 N–H and O–H groups in total. The number of rotatable bonds is 11. The Balaban J connectivity index is 5.74. The normalized spacial score (nSPS) is 16.6. The maximum Gasteiger partial charge on any atom is 0.342 e. The number of carbonyl (C=O) groups is 2. The van der Waals surface area contributed by atoms with Gasteiger partial charge in [-0.1, -0.05) is 32.6 Å². The molecule has 0 aromatic carbocycles. The maximum atomic E-state index is 11.7. The van der Waals surface area contributed by atoms with E-state index in [0.717, 1.165) is 6.42 Å². The summed E-state index contributed by atoms with van der Waals surface area (Å²) in [5, 5.41) is 15.3. The highest BCUT2D eigenvalue weighted by atomic mass is 31.2. The second-order valence-corrected chi connectivity index (χ2v) is 9.08. The largest absolute Gasteiger partial charge is 0.481 e. The molecule has 10 nitrogen and oxygen atoms in total. The fourth-order valence-corrected chi connectivity index (χ4v) is 4.30. The summed E-state index contributed by atoms with van der Waals surface area (Å²) in [7, 11) is -10.7. The number of carboxylic acid groups (broad SMARTS) is 2. The third-order valence-corrected chi connectivity index (χ3v) is 6.55. The van der Waals surface area contributed by atoms with E-state index >= 15 is 0 Å². The molecule has 2 unspecified atom stereocenters. The smallest absolute Gasteiger partial charge is 0.342 e. The maximum absolute atomic E-state index is 11.7. The monoisotopic (exact) mass is 376 g/mol. The zero-order chi connectivity index (χ0) is 18.5. The van der Waals surface area contributed by atoms with Crippen LogP contribution < -0.4 is 0 Å². The molecular formula is C11H22O10P2. The average Bonchev–Trinajstić information content (AvgIpc) is 2.34. The summed E-state index contributed by atoms with van der Waals surface area (Å²) in [6, 6.07) is 0. The van der Waals surface area contributed by atoms with E-state index in [-0.39, 0.29) is 6.42 Å². The van der Waals surface area contributed by atoms with E-state index in [4.69, 9.17) is 14.9 Å². The van der Waals surface area contributed by atoms with Gasteiger partial charge < -0.3 is 29.8 Å². The molecule has 0 heterocycles. The van der Waals surface area contributed by atoms with Crippen LogP contribution in [0.4, 0.5) is 0 Å². The molecule has 0 aliphatic carbocycles. The van der Waals surface area contributed by atoms with Gasteiger partial charge in [0.05, 0.1) is 0 Å². The van der Waals surface area contributed by atoms with Crippen LogP contribution in [-0.2, 0) is 18.7 Å².